The van der Waals surface area contributed by atoms with Crippen LogP contribution in [-0.2, 0) is 23.9 Å². The number of ether oxygens (including phenoxy) is 2. The first-order chi connectivity index (χ1) is 16.8. The Balaban J connectivity index is 1.78. The molecule has 2 aliphatic heterocycles. The largest absolute Gasteiger partial charge is 0.428 e. The van der Waals surface area contributed by atoms with Gasteiger partial charge in [0.1, 0.15) is 5.41 Å². The third-order valence-corrected chi connectivity index (χ3v) is 8.08. The van der Waals surface area contributed by atoms with Gasteiger partial charge in [-0.05, 0) is 30.3 Å². The molecule has 2 heterocycles. The lowest BCUT2D eigenvalue weighted by Crippen LogP contribution is -2.58. The highest BCUT2D eigenvalue weighted by Crippen LogP contribution is 2.67. The molecular weight excluding hydrogens is 477 g/mol. The van der Waals surface area contributed by atoms with Gasteiger partial charge < -0.3 is 14.6 Å². The summed E-state index contributed by atoms with van der Waals surface area (Å²) in [5.41, 5.74) is -4.33. The molecule has 0 amide bonds. The lowest BCUT2D eigenvalue weighted by molar-refractivity contribution is -0.256. The summed E-state index contributed by atoms with van der Waals surface area (Å²) in [6.45, 7) is 4.85. The van der Waals surface area contributed by atoms with Gasteiger partial charge >= 0.3 is 24.1 Å². The molecule has 9 heteroatoms. The number of carbonyl (C=O) groups excluding carboxylic acids is 3. The summed E-state index contributed by atoms with van der Waals surface area (Å²) in [7, 11) is 0. The number of esters is 3. The number of alkyl halides is 3. The molecule has 0 aromatic carbocycles. The third-order valence-electron chi connectivity index (χ3n) is 8.08. The summed E-state index contributed by atoms with van der Waals surface area (Å²) < 4.78 is 56.9. The molecule has 0 bridgehead atoms. The molecule has 6 unspecified atom stereocenters. The van der Waals surface area contributed by atoms with Crippen LogP contribution in [0.5, 0.6) is 0 Å². The van der Waals surface area contributed by atoms with Gasteiger partial charge in [-0.25, -0.2) is 14.4 Å². The van der Waals surface area contributed by atoms with Crippen LogP contribution in [0.1, 0.15) is 33.6 Å². The highest BCUT2D eigenvalue weighted by Gasteiger charge is 2.70. The predicted octanol–water partition coefficient (Wildman–Crippen LogP) is 4.40. The average Bonchev–Trinajstić information content (AvgIpc) is 3.21. The van der Waals surface area contributed by atoms with E-state index in [9.17, 15) is 19.5 Å². The van der Waals surface area contributed by atoms with Crippen molar-refractivity contribution < 1.29 is 42.1 Å². The molecule has 0 aromatic heterocycles. The Morgan fingerprint density at radius 2 is 1.75 bits per heavy atom. The van der Waals surface area contributed by atoms with E-state index in [-0.39, 0.29) is 40.2 Å². The number of rotatable bonds is 3. The van der Waals surface area contributed by atoms with Crippen molar-refractivity contribution in [2.24, 2.45) is 28.6 Å². The molecule has 190 valence electrons. The summed E-state index contributed by atoms with van der Waals surface area (Å²) in [6.07, 6.45) is 3.81. The SMILES string of the molecule is CC1C=C(C(C2C=C3C(=CC2C)C(=O)OC3O)(C(F)(F)F)C2(C)C=CC3=C(C2)C(=O)OC3=O)C=CC1. The zero-order valence-electron chi connectivity index (χ0n) is 19.9. The van der Waals surface area contributed by atoms with E-state index < -0.39 is 53.0 Å². The molecular formula is C27H25F3O6. The molecule has 6 atom stereocenters. The zero-order valence-corrected chi connectivity index (χ0v) is 19.9. The number of fused-ring (bicyclic) bond motifs is 1. The van der Waals surface area contributed by atoms with Gasteiger partial charge in [-0.2, -0.15) is 13.2 Å². The van der Waals surface area contributed by atoms with Crippen LogP contribution in [0.2, 0.25) is 0 Å². The number of aliphatic hydroxyl groups excluding tert-OH is 1. The van der Waals surface area contributed by atoms with E-state index >= 15 is 13.2 Å². The summed E-state index contributed by atoms with van der Waals surface area (Å²) >= 11 is 0. The number of aliphatic hydroxyl groups is 1. The van der Waals surface area contributed by atoms with Gasteiger partial charge in [0.25, 0.3) is 0 Å². The van der Waals surface area contributed by atoms with Crippen LogP contribution in [0.4, 0.5) is 13.2 Å². The standard InChI is InChI=1S/C27H25F3O6/c1-13-5-4-6-15(9-13)26(27(28,29)30,20-11-18-17(10-14(20)2)22(32)36-23(18)33)25(3)8-7-16-19(12-25)24(34)35-21(16)31/h4,6-11,13-14,20,23,33H,5,12H2,1-3H3. The molecule has 3 aliphatic carbocycles. The maximum atomic E-state index is 15.8. The number of allylic oxidation sites excluding steroid dienone is 7. The van der Waals surface area contributed by atoms with Gasteiger partial charge in [-0.3, -0.25) is 0 Å². The Kier molecular flexibility index (Phi) is 5.37. The van der Waals surface area contributed by atoms with Gasteiger partial charge in [-0.15, -0.1) is 0 Å². The monoisotopic (exact) mass is 502 g/mol. The van der Waals surface area contributed by atoms with Gasteiger partial charge in [0.15, 0.2) is 0 Å². The number of hydrogen-bond acceptors (Lipinski definition) is 6. The molecule has 6 nitrogen and oxygen atoms in total. The van der Waals surface area contributed by atoms with Crippen molar-refractivity contribution in [1.29, 1.82) is 0 Å². The number of carbonyl (C=O) groups is 3. The average molecular weight is 502 g/mol. The number of halogens is 3. The lowest BCUT2D eigenvalue weighted by Gasteiger charge is -2.55. The first-order valence-corrected chi connectivity index (χ1v) is 11.8. The van der Waals surface area contributed by atoms with Crippen molar-refractivity contribution in [2.45, 2.75) is 46.1 Å². The lowest BCUT2D eigenvalue weighted by atomic mass is 9.48. The quantitative estimate of drug-likeness (QED) is 0.455. The molecule has 36 heavy (non-hydrogen) atoms. The van der Waals surface area contributed by atoms with Crippen LogP contribution in [0, 0.1) is 28.6 Å². The van der Waals surface area contributed by atoms with Crippen molar-refractivity contribution >= 4 is 17.9 Å². The smallest absolute Gasteiger partial charge is 0.399 e. The van der Waals surface area contributed by atoms with E-state index in [1.807, 2.05) is 6.92 Å². The van der Waals surface area contributed by atoms with Crippen molar-refractivity contribution in [3.05, 3.63) is 70.4 Å². The molecule has 5 rings (SSSR count). The number of cyclic esters (lactones) is 3. The molecule has 5 aliphatic rings. The molecule has 0 aromatic rings. The predicted molar refractivity (Wildman–Crippen MR) is 120 cm³/mol. The maximum absolute atomic E-state index is 15.8. The number of hydrogen-bond donors (Lipinski definition) is 1. The first kappa shape index (κ1) is 24.5. The van der Waals surface area contributed by atoms with Crippen LogP contribution in [0.15, 0.2) is 70.4 Å². The second kappa shape index (κ2) is 7.90. The molecule has 0 spiro atoms. The topological polar surface area (TPSA) is 89.9 Å². The molecule has 1 saturated heterocycles. The van der Waals surface area contributed by atoms with Crippen LogP contribution in [0.3, 0.4) is 0 Å². The molecule has 0 radical (unpaired) electrons. The highest BCUT2D eigenvalue weighted by molar-refractivity contribution is 6.14. The third kappa shape index (κ3) is 3.25. The van der Waals surface area contributed by atoms with Crippen LogP contribution >= 0.6 is 0 Å². The Morgan fingerprint density at radius 3 is 2.42 bits per heavy atom. The van der Waals surface area contributed by atoms with E-state index in [2.05, 4.69) is 0 Å². The van der Waals surface area contributed by atoms with Crippen molar-refractivity contribution in [3.63, 3.8) is 0 Å². The fourth-order valence-corrected chi connectivity index (χ4v) is 6.46. The Labute approximate surface area is 205 Å². The molecule has 1 N–H and O–H groups in total. The summed E-state index contributed by atoms with van der Waals surface area (Å²) in [5, 5.41) is 10.3. The highest BCUT2D eigenvalue weighted by atomic mass is 19.4. The Bertz CT molecular complexity index is 1260. The van der Waals surface area contributed by atoms with E-state index in [0.717, 1.165) is 0 Å². The fourth-order valence-electron chi connectivity index (χ4n) is 6.46. The Morgan fingerprint density at radius 1 is 1.03 bits per heavy atom. The second-order valence-corrected chi connectivity index (χ2v) is 10.4. The van der Waals surface area contributed by atoms with Gasteiger partial charge in [0.2, 0.25) is 6.29 Å². The Hall–Kier alpha value is -3.20. The minimum Gasteiger partial charge on any atom is -0.428 e. The summed E-state index contributed by atoms with van der Waals surface area (Å²) in [6, 6.07) is 0. The first-order valence-electron chi connectivity index (χ1n) is 11.8. The van der Waals surface area contributed by atoms with Crippen LogP contribution in [0.25, 0.3) is 0 Å². The minimum atomic E-state index is -4.85. The molecule has 1 fully saturated rings. The second-order valence-electron chi connectivity index (χ2n) is 10.4. The van der Waals surface area contributed by atoms with Crippen molar-refractivity contribution in [3.8, 4) is 0 Å². The normalized spacial score (nSPS) is 35.4. The van der Waals surface area contributed by atoms with Gasteiger partial charge in [0.05, 0.1) is 16.7 Å². The summed E-state index contributed by atoms with van der Waals surface area (Å²) in [5.74, 6) is -4.82. The van der Waals surface area contributed by atoms with Crippen LogP contribution < -0.4 is 0 Å². The van der Waals surface area contributed by atoms with E-state index in [4.69, 9.17) is 9.47 Å². The van der Waals surface area contributed by atoms with Gasteiger partial charge in [0, 0.05) is 16.9 Å². The minimum absolute atomic E-state index is 0.00362. The van der Waals surface area contributed by atoms with Crippen LogP contribution in [-0.4, -0.2) is 35.5 Å². The van der Waals surface area contributed by atoms with E-state index in [1.54, 1.807) is 19.1 Å². The fraction of sp³-hybridized carbons (Fsp3) is 0.444. The van der Waals surface area contributed by atoms with Crippen molar-refractivity contribution in [1.82, 2.24) is 0 Å². The summed E-state index contributed by atoms with van der Waals surface area (Å²) in [4.78, 5) is 36.7. The van der Waals surface area contributed by atoms with Crippen molar-refractivity contribution in [2.75, 3.05) is 0 Å². The maximum Gasteiger partial charge on any atom is 0.399 e. The molecule has 0 saturated carbocycles. The zero-order chi connectivity index (χ0) is 26.2. The van der Waals surface area contributed by atoms with E-state index in [1.165, 1.54) is 37.3 Å². The van der Waals surface area contributed by atoms with Gasteiger partial charge in [-0.1, -0.05) is 63.3 Å². The van der Waals surface area contributed by atoms with E-state index in [0.29, 0.717) is 6.42 Å².